The van der Waals surface area contributed by atoms with Gasteiger partial charge in [-0.25, -0.2) is 5.43 Å². The van der Waals surface area contributed by atoms with Gasteiger partial charge in [0.05, 0.1) is 31.0 Å². The molecule has 0 fully saturated rings. The van der Waals surface area contributed by atoms with Crippen LogP contribution in [0.25, 0.3) is 0 Å². The van der Waals surface area contributed by atoms with Gasteiger partial charge in [-0.05, 0) is 71.2 Å². The highest BCUT2D eigenvalue weighted by Crippen LogP contribution is 2.36. The maximum absolute atomic E-state index is 12.0. The summed E-state index contributed by atoms with van der Waals surface area (Å²) in [6.07, 6.45) is 3.08. The van der Waals surface area contributed by atoms with Crippen molar-refractivity contribution in [2.75, 3.05) is 25.6 Å². The first kappa shape index (κ1) is 25.2. The van der Waals surface area contributed by atoms with Crippen LogP contribution in [0.1, 0.15) is 38.7 Å². The van der Waals surface area contributed by atoms with Crippen LogP contribution in [0.2, 0.25) is 0 Å². The lowest BCUT2D eigenvalue weighted by molar-refractivity contribution is -0.126. The largest absolute Gasteiger partial charge is 0.494 e. The molecule has 172 valence electrons. The standard InChI is InChI=1S/C23H28BrN3O5/c1-4-6-11-32-23-19(24)12-16(13-20(23)30-3)15-25-27-22(29)14-21(28)26-17-7-9-18(10-8-17)31-5-2/h7-10,12-13,15H,4-6,11,14H2,1-3H3,(H,26,28)(H,27,29). The van der Waals surface area contributed by atoms with E-state index in [-0.39, 0.29) is 6.42 Å². The first-order chi connectivity index (χ1) is 15.5. The van der Waals surface area contributed by atoms with Crippen LogP contribution in [0, 0.1) is 0 Å². The molecule has 0 saturated carbocycles. The molecule has 2 N–H and O–H groups in total. The fourth-order valence-electron chi connectivity index (χ4n) is 2.64. The number of nitrogens with one attached hydrogen (secondary N) is 2. The van der Waals surface area contributed by atoms with Gasteiger partial charge in [0.1, 0.15) is 12.2 Å². The van der Waals surface area contributed by atoms with Crippen molar-refractivity contribution in [3.63, 3.8) is 0 Å². The van der Waals surface area contributed by atoms with Gasteiger partial charge in [0, 0.05) is 5.69 Å². The highest BCUT2D eigenvalue weighted by atomic mass is 79.9. The molecule has 0 bridgehead atoms. The third kappa shape index (κ3) is 8.22. The molecule has 0 aliphatic carbocycles. The predicted molar refractivity (Wildman–Crippen MR) is 128 cm³/mol. The number of anilines is 1. The van der Waals surface area contributed by atoms with E-state index in [0.717, 1.165) is 17.3 Å². The zero-order valence-corrected chi connectivity index (χ0v) is 20.0. The van der Waals surface area contributed by atoms with Crippen molar-refractivity contribution in [1.82, 2.24) is 5.43 Å². The van der Waals surface area contributed by atoms with Gasteiger partial charge in [0.2, 0.25) is 11.8 Å². The van der Waals surface area contributed by atoms with E-state index in [4.69, 9.17) is 14.2 Å². The van der Waals surface area contributed by atoms with Crippen molar-refractivity contribution < 1.29 is 23.8 Å². The van der Waals surface area contributed by atoms with Crippen LogP contribution in [-0.4, -0.2) is 38.4 Å². The summed E-state index contributed by atoms with van der Waals surface area (Å²) < 4.78 is 17.2. The van der Waals surface area contributed by atoms with Gasteiger partial charge in [-0.1, -0.05) is 13.3 Å². The van der Waals surface area contributed by atoms with Crippen LogP contribution in [-0.2, 0) is 9.59 Å². The van der Waals surface area contributed by atoms with E-state index in [2.05, 4.69) is 38.7 Å². The lowest BCUT2D eigenvalue weighted by Crippen LogP contribution is -2.24. The Morgan fingerprint density at radius 2 is 1.84 bits per heavy atom. The van der Waals surface area contributed by atoms with E-state index in [1.807, 2.05) is 6.92 Å². The number of ether oxygens (including phenoxy) is 3. The second-order valence-electron chi connectivity index (χ2n) is 6.71. The summed E-state index contributed by atoms with van der Waals surface area (Å²) >= 11 is 3.47. The highest BCUT2D eigenvalue weighted by molar-refractivity contribution is 9.10. The molecule has 0 atom stereocenters. The van der Waals surface area contributed by atoms with E-state index in [0.29, 0.717) is 41.7 Å². The summed E-state index contributed by atoms with van der Waals surface area (Å²) in [5.41, 5.74) is 3.62. The lowest BCUT2D eigenvalue weighted by atomic mass is 10.2. The maximum atomic E-state index is 12.0. The second-order valence-corrected chi connectivity index (χ2v) is 7.57. The number of hydrazone groups is 1. The van der Waals surface area contributed by atoms with E-state index in [9.17, 15) is 9.59 Å². The number of carbonyl (C=O) groups excluding carboxylic acids is 2. The molecule has 0 spiro atoms. The van der Waals surface area contributed by atoms with Gasteiger partial charge in [0.25, 0.3) is 0 Å². The van der Waals surface area contributed by atoms with E-state index in [1.165, 1.54) is 6.21 Å². The molecule has 8 nitrogen and oxygen atoms in total. The first-order valence-electron chi connectivity index (χ1n) is 10.3. The fraction of sp³-hybridized carbons (Fsp3) is 0.348. The number of hydrogen-bond donors (Lipinski definition) is 2. The summed E-state index contributed by atoms with van der Waals surface area (Å²) in [5.74, 6) is 0.905. The van der Waals surface area contributed by atoms with Crippen molar-refractivity contribution in [2.24, 2.45) is 5.10 Å². The smallest absolute Gasteiger partial charge is 0.249 e. The molecule has 2 amide bonds. The Hall–Kier alpha value is -3.07. The number of benzene rings is 2. The minimum absolute atomic E-state index is 0.359. The third-order valence-electron chi connectivity index (χ3n) is 4.17. The van der Waals surface area contributed by atoms with E-state index in [1.54, 1.807) is 43.5 Å². The highest BCUT2D eigenvalue weighted by Gasteiger charge is 2.12. The summed E-state index contributed by atoms with van der Waals surface area (Å²) in [6.45, 7) is 5.14. The minimum Gasteiger partial charge on any atom is -0.494 e. The quantitative estimate of drug-likeness (QED) is 0.191. The molecular weight excluding hydrogens is 478 g/mol. The Labute approximate surface area is 196 Å². The second kappa shape index (κ2) is 13.4. The normalized spacial score (nSPS) is 10.6. The number of methoxy groups -OCH3 is 1. The summed E-state index contributed by atoms with van der Waals surface area (Å²) in [6, 6.07) is 10.5. The van der Waals surface area contributed by atoms with Gasteiger partial charge < -0.3 is 19.5 Å². The van der Waals surface area contributed by atoms with E-state index < -0.39 is 11.8 Å². The predicted octanol–water partition coefficient (Wildman–Crippen LogP) is 4.51. The number of rotatable bonds is 12. The van der Waals surface area contributed by atoms with Gasteiger partial charge in [-0.2, -0.15) is 5.10 Å². The number of amides is 2. The zero-order chi connectivity index (χ0) is 23.3. The molecule has 2 rings (SSSR count). The molecule has 0 radical (unpaired) electrons. The van der Waals surface area contributed by atoms with Gasteiger partial charge >= 0.3 is 0 Å². The van der Waals surface area contributed by atoms with Crippen LogP contribution in [0.4, 0.5) is 5.69 Å². The molecule has 0 heterocycles. The Bertz CT molecular complexity index is 932. The lowest BCUT2D eigenvalue weighted by Gasteiger charge is -2.13. The molecule has 0 aliphatic heterocycles. The van der Waals surface area contributed by atoms with Crippen molar-refractivity contribution in [1.29, 1.82) is 0 Å². The molecule has 2 aromatic carbocycles. The number of hydrogen-bond acceptors (Lipinski definition) is 6. The average Bonchev–Trinajstić information content (AvgIpc) is 2.76. The minimum atomic E-state index is -0.532. The third-order valence-corrected chi connectivity index (χ3v) is 4.76. The molecular formula is C23H28BrN3O5. The Morgan fingerprint density at radius 1 is 1.09 bits per heavy atom. The van der Waals surface area contributed by atoms with Crippen LogP contribution >= 0.6 is 15.9 Å². The van der Waals surface area contributed by atoms with Crippen molar-refractivity contribution in [3.05, 3.63) is 46.4 Å². The van der Waals surface area contributed by atoms with Crippen LogP contribution in [0.15, 0.2) is 46.0 Å². The number of halogens is 1. The monoisotopic (exact) mass is 505 g/mol. The molecule has 0 aromatic heterocycles. The molecule has 9 heteroatoms. The van der Waals surface area contributed by atoms with E-state index >= 15 is 0 Å². The maximum Gasteiger partial charge on any atom is 0.249 e. The first-order valence-corrected chi connectivity index (χ1v) is 11.1. The van der Waals surface area contributed by atoms with Crippen LogP contribution < -0.4 is 25.0 Å². The van der Waals surface area contributed by atoms with Crippen molar-refractivity contribution >= 4 is 39.6 Å². The molecule has 32 heavy (non-hydrogen) atoms. The molecule has 0 aliphatic rings. The van der Waals surface area contributed by atoms with Crippen LogP contribution in [0.5, 0.6) is 17.2 Å². The number of nitrogens with zero attached hydrogens (tertiary/aromatic N) is 1. The van der Waals surface area contributed by atoms with Gasteiger partial charge in [0.15, 0.2) is 11.5 Å². The van der Waals surface area contributed by atoms with Gasteiger partial charge in [-0.15, -0.1) is 0 Å². The Morgan fingerprint density at radius 3 is 2.50 bits per heavy atom. The summed E-state index contributed by atoms with van der Waals surface area (Å²) in [4.78, 5) is 24.1. The zero-order valence-electron chi connectivity index (χ0n) is 18.4. The summed E-state index contributed by atoms with van der Waals surface area (Å²) in [5, 5.41) is 6.57. The Kier molecular flexibility index (Phi) is 10.5. The van der Waals surface area contributed by atoms with Crippen molar-refractivity contribution in [2.45, 2.75) is 33.1 Å². The average molecular weight is 506 g/mol. The number of carbonyl (C=O) groups is 2. The molecule has 0 saturated heterocycles. The topological polar surface area (TPSA) is 98.2 Å². The molecule has 2 aromatic rings. The Balaban J connectivity index is 1.88. The molecule has 0 unspecified atom stereocenters. The summed E-state index contributed by atoms with van der Waals surface area (Å²) in [7, 11) is 1.56. The fourth-order valence-corrected chi connectivity index (χ4v) is 3.22. The number of unbranched alkanes of at least 4 members (excludes halogenated alkanes) is 1. The van der Waals surface area contributed by atoms with Gasteiger partial charge in [-0.3, -0.25) is 9.59 Å². The SMILES string of the molecule is CCCCOc1c(Br)cc(C=NNC(=O)CC(=O)Nc2ccc(OCC)cc2)cc1OC. The van der Waals surface area contributed by atoms with Crippen LogP contribution in [0.3, 0.4) is 0 Å². The van der Waals surface area contributed by atoms with Crippen molar-refractivity contribution in [3.8, 4) is 17.2 Å².